The molecule has 0 saturated heterocycles. The van der Waals surface area contributed by atoms with Crippen molar-refractivity contribution in [3.05, 3.63) is 183 Å². The Morgan fingerprint density at radius 2 is 1.24 bits per heavy atom. The molecule has 0 spiro atoms. The zero-order valence-electron chi connectivity index (χ0n) is 23.3. The largest absolute Gasteiger partial charge is 0.0733 e. The molecule has 7 rings (SSSR count). The van der Waals surface area contributed by atoms with Gasteiger partial charge >= 0.3 is 0 Å². The molecular weight excluding hydrogens is 560 g/mol. The number of benzene rings is 5. The van der Waals surface area contributed by atoms with E-state index in [-0.39, 0.29) is 11.3 Å². The van der Waals surface area contributed by atoms with Crippen LogP contribution in [0.3, 0.4) is 0 Å². The van der Waals surface area contributed by atoms with Gasteiger partial charge in [0.1, 0.15) is 0 Å². The quantitative estimate of drug-likeness (QED) is 0.195. The molecule has 2 aliphatic rings. The molecule has 0 bridgehead atoms. The number of fused-ring (bicyclic) bond motifs is 2. The first-order valence-electron chi connectivity index (χ1n) is 14.3. The Hall–Kier alpha value is -4.20. The summed E-state index contributed by atoms with van der Waals surface area (Å²) in [4.78, 5) is 0. The van der Waals surface area contributed by atoms with E-state index in [1.165, 1.54) is 61.2 Å². The van der Waals surface area contributed by atoms with Gasteiger partial charge in [-0.3, -0.25) is 0 Å². The summed E-state index contributed by atoms with van der Waals surface area (Å²) in [6.45, 7) is 4.63. The van der Waals surface area contributed by atoms with Gasteiger partial charge in [0.05, 0.1) is 0 Å². The second-order valence-electron chi connectivity index (χ2n) is 11.3. The first-order valence-corrected chi connectivity index (χ1v) is 15.1. The van der Waals surface area contributed by atoms with Crippen LogP contribution in [0.4, 0.5) is 0 Å². The predicted molar refractivity (Wildman–Crippen MR) is 177 cm³/mol. The first-order chi connectivity index (χ1) is 20.1. The van der Waals surface area contributed by atoms with Crippen molar-refractivity contribution in [1.29, 1.82) is 0 Å². The van der Waals surface area contributed by atoms with E-state index in [9.17, 15) is 0 Å². The van der Waals surface area contributed by atoms with Crippen LogP contribution in [-0.4, -0.2) is 0 Å². The lowest BCUT2D eigenvalue weighted by atomic mass is 9.57. The molecule has 0 fully saturated rings. The number of allylic oxidation sites excluding steroid dienone is 5. The van der Waals surface area contributed by atoms with Gasteiger partial charge in [-0.2, -0.15) is 0 Å². The molecule has 0 saturated carbocycles. The summed E-state index contributed by atoms with van der Waals surface area (Å²) in [6.07, 6.45) is 9.22. The standard InChI is InChI=1S/C40H31Br/c1-27-14-6-7-17-30(27)32-19-9-10-20-33(32)38-34-24-23-29(41)26-36(34)39(40(2)25-13-12-22-37(38)40)35-21-11-8-18-31(35)28-15-4-3-5-16-28/h3-26,39H,1-2H3. The highest BCUT2D eigenvalue weighted by atomic mass is 79.9. The zero-order valence-corrected chi connectivity index (χ0v) is 24.9. The monoisotopic (exact) mass is 590 g/mol. The molecule has 0 radical (unpaired) electrons. The zero-order chi connectivity index (χ0) is 28.0. The van der Waals surface area contributed by atoms with Crippen molar-refractivity contribution in [2.24, 2.45) is 5.41 Å². The molecular formula is C40H31Br. The van der Waals surface area contributed by atoms with Crippen LogP contribution < -0.4 is 0 Å². The summed E-state index contributed by atoms with van der Waals surface area (Å²) in [5.74, 6) is 0.136. The lowest BCUT2D eigenvalue weighted by Crippen LogP contribution is -2.33. The lowest BCUT2D eigenvalue weighted by molar-refractivity contribution is 0.449. The molecule has 1 heteroatoms. The van der Waals surface area contributed by atoms with Gasteiger partial charge in [0.2, 0.25) is 0 Å². The Morgan fingerprint density at radius 1 is 0.585 bits per heavy atom. The van der Waals surface area contributed by atoms with Crippen LogP contribution in [0.1, 0.15) is 40.7 Å². The number of hydrogen-bond donors (Lipinski definition) is 0. The lowest BCUT2D eigenvalue weighted by Gasteiger charge is -2.45. The fourth-order valence-corrected chi connectivity index (χ4v) is 7.35. The maximum atomic E-state index is 3.85. The van der Waals surface area contributed by atoms with Gasteiger partial charge in [0.15, 0.2) is 0 Å². The minimum absolute atomic E-state index is 0.136. The molecule has 41 heavy (non-hydrogen) atoms. The minimum Gasteiger partial charge on any atom is -0.0733 e. The second kappa shape index (κ2) is 10.3. The molecule has 0 nitrogen and oxygen atoms in total. The van der Waals surface area contributed by atoms with Crippen molar-refractivity contribution in [1.82, 2.24) is 0 Å². The van der Waals surface area contributed by atoms with Crippen molar-refractivity contribution in [2.75, 3.05) is 0 Å². The Bertz CT molecular complexity index is 1870. The topological polar surface area (TPSA) is 0 Å². The number of hydrogen-bond acceptors (Lipinski definition) is 0. The van der Waals surface area contributed by atoms with Gasteiger partial charge in [0, 0.05) is 15.8 Å². The van der Waals surface area contributed by atoms with Gasteiger partial charge in [0.25, 0.3) is 0 Å². The maximum absolute atomic E-state index is 3.85. The van der Waals surface area contributed by atoms with E-state index >= 15 is 0 Å². The van der Waals surface area contributed by atoms with Crippen molar-refractivity contribution < 1.29 is 0 Å². The average molecular weight is 592 g/mol. The Kier molecular flexibility index (Phi) is 6.48. The van der Waals surface area contributed by atoms with E-state index in [1.807, 2.05) is 0 Å². The summed E-state index contributed by atoms with van der Waals surface area (Å²) < 4.78 is 1.10. The molecule has 5 aromatic carbocycles. The number of rotatable bonds is 4. The van der Waals surface area contributed by atoms with Crippen LogP contribution in [0, 0.1) is 12.3 Å². The SMILES string of the molecule is Cc1ccccc1-c1ccccc1C1=C2C=CC=CC2(C)C(c2ccccc2-c2ccccc2)c2cc(Br)ccc21. The van der Waals surface area contributed by atoms with Crippen molar-refractivity contribution >= 4 is 21.5 Å². The summed E-state index contributed by atoms with van der Waals surface area (Å²) in [7, 11) is 0. The van der Waals surface area contributed by atoms with Crippen molar-refractivity contribution in [3.63, 3.8) is 0 Å². The van der Waals surface area contributed by atoms with Gasteiger partial charge in [-0.15, -0.1) is 0 Å². The second-order valence-corrected chi connectivity index (χ2v) is 12.2. The summed E-state index contributed by atoms with van der Waals surface area (Å²) in [5, 5.41) is 0. The molecule has 2 atom stereocenters. The van der Waals surface area contributed by atoms with E-state index in [0.29, 0.717) is 0 Å². The Labute approximate surface area is 251 Å². The van der Waals surface area contributed by atoms with Crippen molar-refractivity contribution in [3.8, 4) is 22.3 Å². The van der Waals surface area contributed by atoms with E-state index in [1.54, 1.807) is 0 Å². The van der Waals surface area contributed by atoms with Crippen LogP contribution >= 0.6 is 15.9 Å². The Morgan fingerprint density at radius 3 is 2.02 bits per heavy atom. The fraction of sp³-hybridized carbons (Fsp3) is 0.100. The third-order valence-corrected chi connectivity index (χ3v) is 9.34. The first kappa shape index (κ1) is 25.7. The average Bonchev–Trinajstić information content (AvgIpc) is 3.00. The van der Waals surface area contributed by atoms with Gasteiger partial charge < -0.3 is 0 Å². The number of aryl methyl sites for hydroxylation is 1. The van der Waals surface area contributed by atoms with E-state index in [0.717, 1.165) is 4.47 Å². The van der Waals surface area contributed by atoms with Crippen LogP contribution in [0.5, 0.6) is 0 Å². The highest BCUT2D eigenvalue weighted by molar-refractivity contribution is 9.10. The molecule has 0 aromatic heterocycles. The van der Waals surface area contributed by atoms with E-state index in [2.05, 4.69) is 175 Å². The maximum Gasteiger partial charge on any atom is 0.0231 e. The number of halogens is 1. The molecule has 0 heterocycles. The normalized spacial score (nSPS) is 19.1. The molecule has 0 aliphatic heterocycles. The van der Waals surface area contributed by atoms with Crippen LogP contribution in [-0.2, 0) is 0 Å². The fourth-order valence-electron chi connectivity index (χ4n) is 6.97. The highest BCUT2D eigenvalue weighted by Gasteiger charge is 2.45. The summed E-state index contributed by atoms with van der Waals surface area (Å²) in [6, 6.07) is 44.3. The van der Waals surface area contributed by atoms with E-state index in [4.69, 9.17) is 0 Å². The van der Waals surface area contributed by atoms with Crippen LogP contribution in [0.2, 0.25) is 0 Å². The van der Waals surface area contributed by atoms with Gasteiger partial charge in [-0.25, -0.2) is 0 Å². The summed E-state index contributed by atoms with van der Waals surface area (Å²) in [5.41, 5.74) is 14.1. The van der Waals surface area contributed by atoms with E-state index < -0.39 is 0 Å². The summed E-state index contributed by atoms with van der Waals surface area (Å²) >= 11 is 3.85. The van der Waals surface area contributed by atoms with Crippen LogP contribution in [0.25, 0.3) is 27.8 Å². The molecule has 198 valence electrons. The third kappa shape index (κ3) is 4.28. The molecule has 2 unspecified atom stereocenters. The minimum atomic E-state index is -0.248. The van der Waals surface area contributed by atoms with Gasteiger partial charge in [-0.05, 0) is 80.3 Å². The highest BCUT2D eigenvalue weighted by Crippen LogP contribution is 2.59. The van der Waals surface area contributed by atoms with Crippen molar-refractivity contribution in [2.45, 2.75) is 19.8 Å². The Balaban J connectivity index is 1.55. The smallest absolute Gasteiger partial charge is 0.0231 e. The van der Waals surface area contributed by atoms with Gasteiger partial charge in [-0.1, -0.05) is 156 Å². The molecule has 5 aromatic rings. The molecule has 0 N–H and O–H groups in total. The molecule has 2 aliphatic carbocycles. The van der Waals surface area contributed by atoms with Crippen LogP contribution in [0.15, 0.2) is 156 Å². The third-order valence-electron chi connectivity index (χ3n) is 8.85. The predicted octanol–water partition coefficient (Wildman–Crippen LogP) is 11.2. The molecule has 0 amide bonds.